The number of para-hydroxylation sites is 2. The third kappa shape index (κ3) is 2.83. The van der Waals surface area contributed by atoms with E-state index in [1.54, 1.807) is 30.3 Å². The summed E-state index contributed by atoms with van der Waals surface area (Å²) >= 11 is 5.84. The average Bonchev–Trinajstić information content (AvgIpc) is 2.88. The molecule has 1 heterocycles. The van der Waals surface area contributed by atoms with Gasteiger partial charge >= 0.3 is 0 Å². The quantitative estimate of drug-likeness (QED) is 0.776. The van der Waals surface area contributed by atoms with E-state index in [0.717, 1.165) is 0 Å². The Balaban J connectivity index is 1.91. The second-order valence-electron chi connectivity index (χ2n) is 4.52. The van der Waals surface area contributed by atoms with E-state index in [4.69, 9.17) is 21.8 Å². The van der Waals surface area contributed by atoms with Crippen LogP contribution >= 0.6 is 11.6 Å². The van der Waals surface area contributed by atoms with Crippen molar-refractivity contribution in [2.45, 2.75) is 6.04 Å². The van der Waals surface area contributed by atoms with Crippen molar-refractivity contribution in [2.75, 3.05) is 5.32 Å². The summed E-state index contributed by atoms with van der Waals surface area (Å²) in [6.07, 6.45) is 0. The van der Waals surface area contributed by atoms with Gasteiger partial charge in [0.1, 0.15) is 11.6 Å². The predicted molar refractivity (Wildman–Crippen MR) is 81.0 cm³/mol. The number of aromatic nitrogens is 1. The number of fused-ring (bicyclic) bond motifs is 1. The van der Waals surface area contributed by atoms with Gasteiger partial charge in [0.2, 0.25) is 5.91 Å². The minimum absolute atomic E-state index is 0.245. The highest BCUT2D eigenvalue weighted by molar-refractivity contribution is 6.30. The zero-order valence-electron chi connectivity index (χ0n) is 10.9. The summed E-state index contributed by atoms with van der Waals surface area (Å²) < 4.78 is 5.54. The van der Waals surface area contributed by atoms with Crippen LogP contribution in [-0.4, -0.2) is 10.9 Å². The van der Waals surface area contributed by atoms with Crippen LogP contribution in [0.5, 0.6) is 0 Å². The SMILES string of the molecule is NC(=O)[C@@H](Nc1nc2ccccc2o1)c1ccc(Cl)cc1. The van der Waals surface area contributed by atoms with E-state index < -0.39 is 11.9 Å². The molecule has 0 aliphatic carbocycles. The van der Waals surface area contributed by atoms with E-state index in [2.05, 4.69) is 10.3 Å². The molecule has 106 valence electrons. The van der Waals surface area contributed by atoms with Gasteiger partial charge in [0.25, 0.3) is 6.01 Å². The van der Waals surface area contributed by atoms with Crippen LogP contribution in [-0.2, 0) is 4.79 Å². The van der Waals surface area contributed by atoms with Crippen LogP contribution in [0.25, 0.3) is 11.1 Å². The molecule has 0 spiro atoms. The molecule has 0 saturated carbocycles. The lowest BCUT2D eigenvalue weighted by Crippen LogP contribution is -2.27. The molecule has 5 nitrogen and oxygen atoms in total. The highest BCUT2D eigenvalue weighted by atomic mass is 35.5. The number of hydrogen-bond acceptors (Lipinski definition) is 4. The molecule has 0 aliphatic rings. The number of halogens is 1. The Labute approximate surface area is 125 Å². The molecule has 6 heteroatoms. The molecule has 21 heavy (non-hydrogen) atoms. The average molecular weight is 302 g/mol. The van der Waals surface area contributed by atoms with Crippen LogP contribution in [0.3, 0.4) is 0 Å². The van der Waals surface area contributed by atoms with Gasteiger partial charge in [-0.3, -0.25) is 4.79 Å². The number of nitrogens with zero attached hydrogens (tertiary/aromatic N) is 1. The van der Waals surface area contributed by atoms with Crippen molar-refractivity contribution >= 4 is 34.6 Å². The summed E-state index contributed by atoms with van der Waals surface area (Å²) in [5.41, 5.74) is 7.48. The first-order valence-corrected chi connectivity index (χ1v) is 6.68. The van der Waals surface area contributed by atoms with Crippen molar-refractivity contribution in [3.05, 3.63) is 59.1 Å². The van der Waals surface area contributed by atoms with Crippen molar-refractivity contribution in [1.29, 1.82) is 0 Å². The summed E-state index contributed by atoms with van der Waals surface area (Å²) in [6, 6.07) is 13.7. The largest absolute Gasteiger partial charge is 0.424 e. The zero-order valence-corrected chi connectivity index (χ0v) is 11.7. The second kappa shape index (κ2) is 5.46. The Morgan fingerprint density at radius 2 is 1.90 bits per heavy atom. The minimum atomic E-state index is -0.740. The van der Waals surface area contributed by atoms with Crippen LogP contribution in [0.1, 0.15) is 11.6 Å². The Hall–Kier alpha value is -2.53. The van der Waals surface area contributed by atoms with Crippen molar-refractivity contribution in [1.82, 2.24) is 4.98 Å². The van der Waals surface area contributed by atoms with Gasteiger partial charge in [0, 0.05) is 5.02 Å². The Kier molecular flexibility index (Phi) is 3.50. The minimum Gasteiger partial charge on any atom is -0.424 e. The monoisotopic (exact) mass is 301 g/mol. The van der Waals surface area contributed by atoms with Gasteiger partial charge in [0.05, 0.1) is 0 Å². The zero-order chi connectivity index (χ0) is 14.8. The number of primary amides is 1. The number of hydrogen-bond donors (Lipinski definition) is 2. The fourth-order valence-electron chi connectivity index (χ4n) is 2.03. The standard InChI is InChI=1S/C15H12ClN3O2/c16-10-7-5-9(6-8-10)13(14(17)20)19-15-18-11-3-1-2-4-12(11)21-15/h1-8,13H,(H2,17,20)(H,18,19)/t13-/m0/s1. The highest BCUT2D eigenvalue weighted by Gasteiger charge is 2.20. The third-order valence-corrected chi connectivity index (χ3v) is 3.30. The van der Waals surface area contributed by atoms with Crippen molar-refractivity contribution in [3.8, 4) is 0 Å². The molecule has 0 radical (unpaired) electrons. The third-order valence-electron chi connectivity index (χ3n) is 3.05. The molecule has 0 bridgehead atoms. The number of rotatable bonds is 4. The van der Waals surface area contributed by atoms with Gasteiger partial charge < -0.3 is 15.5 Å². The number of anilines is 1. The van der Waals surface area contributed by atoms with Gasteiger partial charge in [-0.2, -0.15) is 4.98 Å². The van der Waals surface area contributed by atoms with E-state index in [1.807, 2.05) is 18.2 Å². The summed E-state index contributed by atoms with van der Waals surface area (Å²) in [5, 5.41) is 3.50. The smallest absolute Gasteiger partial charge is 0.296 e. The molecule has 3 aromatic rings. The number of amides is 1. The van der Waals surface area contributed by atoms with Crippen molar-refractivity contribution in [2.24, 2.45) is 5.73 Å². The number of nitrogens with one attached hydrogen (secondary N) is 1. The van der Waals surface area contributed by atoms with Crippen LogP contribution in [0.4, 0.5) is 6.01 Å². The molecular formula is C15H12ClN3O2. The number of nitrogens with two attached hydrogens (primary N) is 1. The molecule has 0 saturated heterocycles. The van der Waals surface area contributed by atoms with Crippen LogP contribution < -0.4 is 11.1 Å². The van der Waals surface area contributed by atoms with Crippen LogP contribution in [0.2, 0.25) is 5.02 Å². The van der Waals surface area contributed by atoms with Gasteiger partial charge in [-0.1, -0.05) is 35.9 Å². The van der Waals surface area contributed by atoms with Crippen molar-refractivity contribution in [3.63, 3.8) is 0 Å². The van der Waals surface area contributed by atoms with Crippen molar-refractivity contribution < 1.29 is 9.21 Å². The normalized spacial score (nSPS) is 12.2. The summed E-state index contributed by atoms with van der Waals surface area (Å²) in [5.74, 6) is -0.528. The summed E-state index contributed by atoms with van der Waals surface area (Å²) in [6.45, 7) is 0. The van der Waals surface area contributed by atoms with Gasteiger partial charge in [0.15, 0.2) is 5.58 Å². The molecule has 0 aliphatic heterocycles. The molecule has 3 rings (SSSR count). The lowest BCUT2D eigenvalue weighted by Gasteiger charge is -2.14. The lowest BCUT2D eigenvalue weighted by atomic mass is 10.1. The number of carbonyl (C=O) groups is 1. The summed E-state index contributed by atoms with van der Waals surface area (Å²) in [7, 11) is 0. The number of oxazole rings is 1. The summed E-state index contributed by atoms with van der Waals surface area (Å²) in [4.78, 5) is 15.9. The van der Waals surface area contributed by atoms with Crippen LogP contribution in [0.15, 0.2) is 52.9 Å². The van der Waals surface area contributed by atoms with Gasteiger partial charge in [-0.25, -0.2) is 0 Å². The maximum Gasteiger partial charge on any atom is 0.296 e. The lowest BCUT2D eigenvalue weighted by molar-refractivity contribution is -0.118. The fourth-order valence-corrected chi connectivity index (χ4v) is 2.16. The maximum absolute atomic E-state index is 11.7. The predicted octanol–water partition coefficient (Wildman–Crippen LogP) is 3.12. The topological polar surface area (TPSA) is 81.2 Å². The highest BCUT2D eigenvalue weighted by Crippen LogP contribution is 2.24. The van der Waals surface area contributed by atoms with E-state index in [0.29, 0.717) is 21.7 Å². The van der Waals surface area contributed by atoms with E-state index >= 15 is 0 Å². The first kappa shape index (κ1) is 13.5. The first-order chi connectivity index (χ1) is 10.1. The Morgan fingerprint density at radius 1 is 1.19 bits per heavy atom. The fraction of sp³-hybridized carbons (Fsp3) is 0.0667. The van der Waals surface area contributed by atoms with Gasteiger partial charge in [-0.15, -0.1) is 0 Å². The Bertz CT molecular complexity index is 750. The molecule has 2 aromatic carbocycles. The second-order valence-corrected chi connectivity index (χ2v) is 4.95. The van der Waals surface area contributed by atoms with Gasteiger partial charge in [-0.05, 0) is 29.8 Å². The molecular weight excluding hydrogens is 290 g/mol. The molecule has 1 amide bonds. The number of carbonyl (C=O) groups excluding carboxylic acids is 1. The number of benzene rings is 2. The maximum atomic E-state index is 11.7. The molecule has 0 fully saturated rings. The Morgan fingerprint density at radius 3 is 2.57 bits per heavy atom. The van der Waals surface area contributed by atoms with E-state index in [1.165, 1.54) is 0 Å². The van der Waals surface area contributed by atoms with E-state index in [-0.39, 0.29) is 6.01 Å². The van der Waals surface area contributed by atoms with Crippen LogP contribution in [0, 0.1) is 0 Å². The molecule has 1 atom stereocenters. The molecule has 3 N–H and O–H groups in total. The molecule has 1 aromatic heterocycles. The molecule has 0 unspecified atom stereocenters. The van der Waals surface area contributed by atoms with E-state index in [9.17, 15) is 4.79 Å². The first-order valence-electron chi connectivity index (χ1n) is 6.30.